The van der Waals surface area contributed by atoms with Crippen molar-refractivity contribution in [3.63, 3.8) is 0 Å². The summed E-state index contributed by atoms with van der Waals surface area (Å²) in [7, 11) is 0. The Bertz CT molecular complexity index is 997. The molecule has 0 aliphatic rings. The molecule has 2 heterocycles. The van der Waals surface area contributed by atoms with Gasteiger partial charge in [-0.1, -0.05) is 53.8 Å². The predicted octanol–water partition coefficient (Wildman–Crippen LogP) is 4.34. The first kappa shape index (κ1) is 16.7. The molecule has 3 N–H and O–H groups in total. The highest BCUT2D eigenvalue weighted by Crippen LogP contribution is 2.31. The first-order valence-corrected chi connectivity index (χ1v) is 9.44. The molecule has 0 saturated heterocycles. The van der Waals surface area contributed by atoms with Crippen LogP contribution in [0.3, 0.4) is 0 Å². The highest BCUT2D eigenvalue weighted by molar-refractivity contribution is 7.18. The van der Waals surface area contributed by atoms with Crippen LogP contribution in [0.4, 0.5) is 5.13 Å². The van der Waals surface area contributed by atoms with Gasteiger partial charge in [-0.2, -0.15) is 0 Å². The number of nitrogens with zero attached hydrogens (tertiary/aromatic N) is 2. The van der Waals surface area contributed by atoms with Crippen molar-refractivity contribution in [2.45, 2.75) is 12.5 Å². The lowest BCUT2D eigenvalue weighted by atomic mass is 10.1. The van der Waals surface area contributed by atoms with Gasteiger partial charge in [0, 0.05) is 36.6 Å². The Kier molecular flexibility index (Phi) is 4.91. The van der Waals surface area contributed by atoms with Gasteiger partial charge in [0.25, 0.3) is 0 Å². The Morgan fingerprint density at radius 2 is 1.88 bits per heavy atom. The summed E-state index contributed by atoms with van der Waals surface area (Å²) in [5, 5.41) is 6.71. The molecule has 0 fully saturated rings. The smallest absolute Gasteiger partial charge is 0.183 e. The van der Waals surface area contributed by atoms with Gasteiger partial charge < -0.3 is 11.1 Å². The van der Waals surface area contributed by atoms with Gasteiger partial charge in [-0.3, -0.25) is 4.98 Å². The van der Waals surface area contributed by atoms with Crippen LogP contribution in [0.25, 0.3) is 21.2 Å². The number of nitrogens with two attached hydrogens (primary N) is 1. The zero-order valence-corrected chi connectivity index (χ0v) is 15.1. The fourth-order valence-electron chi connectivity index (χ4n) is 2.98. The van der Waals surface area contributed by atoms with Gasteiger partial charge in [-0.15, -0.1) is 0 Å². The van der Waals surface area contributed by atoms with Crippen LogP contribution in [-0.4, -0.2) is 22.6 Å². The third kappa shape index (κ3) is 3.74. The van der Waals surface area contributed by atoms with Gasteiger partial charge in [0.15, 0.2) is 5.13 Å². The average Bonchev–Trinajstić information content (AvgIpc) is 3.16. The van der Waals surface area contributed by atoms with Crippen LogP contribution in [0.2, 0.25) is 0 Å². The predicted molar refractivity (Wildman–Crippen MR) is 109 cm³/mol. The van der Waals surface area contributed by atoms with E-state index in [1.807, 2.05) is 30.7 Å². The van der Waals surface area contributed by atoms with Crippen LogP contribution in [-0.2, 0) is 6.42 Å². The highest BCUT2D eigenvalue weighted by Gasteiger charge is 2.11. The fraction of sp³-hybridized carbons (Fsp3) is 0.143. The summed E-state index contributed by atoms with van der Waals surface area (Å²) in [6.07, 6.45) is 6.51. The Balaban J connectivity index is 1.51. The van der Waals surface area contributed by atoms with Crippen molar-refractivity contribution in [3.8, 4) is 10.4 Å². The Labute approximate surface area is 156 Å². The molecule has 0 aliphatic carbocycles. The van der Waals surface area contributed by atoms with Gasteiger partial charge in [-0.25, -0.2) is 4.98 Å². The monoisotopic (exact) mass is 360 g/mol. The number of hydrogen-bond donors (Lipinski definition) is 2. The summed E-state index contributed by atoms with van der Waals surface area (Å²) >= 11 is 1.66. The van der Waals surface area contributed by atoms with E-state index in [-0.39, 0.29) is 6.04 Å². The number of rotatable bonds is 6. The normalized spacial score (nSPS) is 12.2. The van der Waals surface area contributed by atoms with E-state index in [0.717, 1.165) is 21.8 Å². The van der Waals surface area contributed by atoms with Crippen LogP contribution in [0.5, 0.6) is 0 Å². The minimum atomic E-state index is 0.166. The first-order chi connectivity index (χ1) is 12.8. The molecule has 26 heavy (non-hydrogen) atoms. The molecule has 130 valence electrons. The standard InChI is InChI=1S/C21H20N4S/c22-12-19(10-15-4-2-1-3-5-15)25-21-24-14-20(26-21)17-6-7-18-13-23-9-8-16(18)11-17/h1-9,11,13-14,19H,10,12,22H2,(H,24,25)/t19-/m1/s1. The summed E-state index contributed by atoms with van der Waals surface area (Å²) in [5.74, 6) is 0. The molecule has 0 unspecified atom stereocenters. The molecule has 2 aromatic heterocycles. The van der Waals surface area contributed by atoms with Crippen molar-refractivity contribution in [1.29, 1.82) is 0 Å². The topological polar surface area (TPSA) is 63.8 Å². The van der Waals surface area contributed by atoms with E-state index in [4.69, 9.17) is 5.73 Å². The number of hydrogen-bond acceptors (Lipinski definition) is 5. The second-order valence-corrected chi connectivity index (χ2v) is 7.26. The summed E-state index contributed by atoms with van der Waals surface area (Å²) in [5.41, 5.74) is 8.40. The van der Waals surface area contributed by atoms with Gasteiger partial charge >= 0.3 is 0 Å². The van der Waals surface area contributed by atoms with E-state index in [1.54, 1.807) is 11.3 Å². The van der Waals surface area contributed by atoms with E-state index < -0.39 is 0 Å². The van der Waals surface area contributed by atoms with Crippen molar-refractivity contribution >= 4 is 27.2 Å². The molecule has 0 radical (unpaired) electrons. The van der Waals surface area contributed by atoms with Crippen LogP contribution in [0, 0.1) is 0 Å². The van der Waals surface area contributed by atoms with E-state index in [0.29, 0.717) is 6.54 Å². The lowest BCUT2D eigenvalue weighted by Crippen LogP contribution is -2.30. The maximum Gasteiger partial charge on any atom is 0.183 e. The molecule has 0 amide bonds. The summed E-state index contributed by atoms with van der Waals surface area (Å²) < 4.78 is 0. The number of aromatic nitrogens is 2. The van der Waals surface area contributed by atoms with E-state index in [1.165, 1.54) is 16.5 Å². The average molecular weight is 360 g/mol. The SMILES string of the molecule is NC[C@@H](Cc1ccccc1)Nc1ncc(-c2ccc3cnccc3c2)s1. The second-order valence-electron chi connectivity index (χ2n) is 6.23. The summed E-state index contributed by atoms with van der Waals surface area (Å²) in [6.45, 7) is 0.562. The number of thiazole rings is 1. The lowest BCUT2D eigenvalue weighted by Gasteiger charge is -2.16. The molecule has 2 aromatic carbocycles. The molecular formula is C21H20N4S. The quantitative estimate of drug-likeness (QED) is 0.537. The van der Waals surface area contributed by atoms with Gasteiger partial charge in [-0.05, 0) is 35.1 Å². The third-order valence-corrected chi connectivity index (χ3v) is 5.35. The van der Waals surface area contributed by atoms with Crippen molar-refractivity contribution in [1.82, 2.24) is 9.97 Å². The van der Waals surface area contributed by atoms with Crippen LogP contribution in [0.1, 0.15) is 5.56 Å². The molecule has 0 saturated carbocycles. The molecule has 4 rings (SSSR count). The minimum Gasteiger partial charge on any atom is -0.357 e. The molecule has 5 heteroatoms. The summed E-state index contributed by atoms with van der Waals surface area (Å²) in [4.78, 5) is 9.85. The Morgan fingerprint density at radius 1 is 1.00 bits per heavy atom. The van der Waals surface area contributed by atoms with Crippen molar-refractivity contribution in [2.24, 2.45) is 5.73 Å². The molecule has 1 atom stereocenters. The Hall–Kier alpha value is -2.76. The van der Waals surface area contributed by atoms with E-state index in [9.17, 15) is 0 Å². The number of fused-ring (bicyclic) bond motifs is 1. The van der Waals surface area contributed by atoms with Gasteiger partial charge in [0.05, 0.1) is 4.88 Å². The lowest BCUT2D eigenvalue weighted by molar-refractivity contribution is 0.723. The van der Waals surface area contributed by atoms with Crippen LogP contribution < -0.4 is 11.1 Å². The third-order valence-electron chi connectivity index (χ3n) is 4.37. The molecule has 4 aromatic rings. The van der Waals surface area contributed by atoms with E-state index >= 15 is 0 Å². The number of anilines is 1. The molecule has 0 aliphatic heterocycles. The van der Waals surface area contributed by atoms with Gasteiger partial charge in [0.2, 0.25) is 0 Å². The molecular weight excluding hydrogens is 340 g/mol. The minimum absolute atomic E-state index is 0.166. The van der Waals surface area contributed by atoms with Crippen molar-refractivity contribution in [3.05, 3.63) is 78.8 Å². The van der Waals surface area contributed by atoms with E-state index in [2.05, 4.69) is 57.7 Å². The fourth-order valence-corrected chi connectivity index (χ4v) is 3.87. The number of nitrogens with one attached hydrogen (secondary N) is 1. The zero-order valence-electron chi connectivity index (χ0n) is 14.3. The van der Waals surface area contributed by atoms with Gasteiger partial charge in [0.1, 0.15) is 0 Å². The zero-order chi connectivity index (χ0) is 17.8. The van der Waals surface area contributed by atoms with Crippen LogP contribution >= 0.6 is 11.3 Å². The highest BCUT2D eigenvalue weighted by atomic mass is 32.1. The first-order valence-electron chi connectivity index (χ1n) is 8.62. The maximum atomic E-state index is 5.96. The number of benzene rings is 2. The second kappa shape index (κ2) is 7.64. The largest absolute Gasteiger partial charge is 0.357 e. The summed E-state index contributed by atoms with van der Waals surface area (Å²) in [6, 6.07) is 19.0. The Morgan fingerprint density at radius 3 is 2.73 bits per heavy atom. The van der Waals surface area contributed by atoms with Crippen LogP contribution in [0.15, 0.2) is 73.2 Å². The van der Waals surface area contributed by atoms with Crippen molar-refractivity contribution < 1.29 is 0 Å². The van der Waals surface area contributed by atoms with Crippen molar-refractivity contribution in [2.75, 3.05) is 11.9 Å². The molecule has 4 nitrogen and oxygen atoms in total. The number of pyridine rings is 1. The molecule has 0 spiro atoms. The molecule has 0 bridgehead atoms. The maximum absolute atomic E-state index is 5.96.